The van der Waals surface area contributed by atoms with Gasteiger partial charge in [-0.1, -0.05) is 36.4 Å². The highest BCUT2D eigenvalue weighted by Crippen LogP contribution is 2.42. The standard InChI is InChI=1S/C30H25N5O7S2/c1-19(36)32-21-12-14-23(15-13-21)35(22-7-3-2-4-8-22)43(38,39)28-10-6-5-9-26(28)33-34-30-25(31)16-11-20-17-24(44(40,41)42)18-27(37)29(20)30/h2-18,37H,31H2,1H3,(H,32,36)(H,40,41,42). The van der Waals surface area contributed by atoms with Gasteiger partial charge in [-0.05, 0) is 66.0 Å². The summed E-state index contributed by atoms with van der Waals surface area (Å²) >= 11 is 0. The Bertz CT molecular complexity index is 2140. The van der Waals surface area contributed by atoms with E-state index >= 15 is 0 Å². The van der Waals surface area contributed by atoms with E-state index in [0.29, 0.717) is 11.4 Å². The number of para-hydroxylation sites is 1. The molecule has 44 heavy (non-hydrogen) atoms. The zero-order valence-electron chi connectivity index (χ0n) is 23.0. The van der Waals surface area contributed by atoms with Crippen molar-refractivity contribution in [3.63, 3.8) is 0 Å². The maximum atomic E-state index is 14.3. The van der Waals surface area contributed by atoms with E-state index in [4.69, 9.17) is 5.73 Å². The van der Waals surface area contributed by atoms with Crippen molar-refractivity contribution in [1.29, 1.82) is 0 Å². The number of nitrogen functional groups attached to an aromatic ring is 1. The normalized spacial score (nSPS) is 12.0. The number of nitrogens with one attached hydrogen (secondary N) is 1. The molecule has 0 saturated heterocycles. The van der Waals surface area contributed by atoms with E-state index in [-0.39, 0.29) is 44.3 Å². The van der Waals surface area contributed by atoms with Crippen LogP contribution < -0.4 is 15.4 Å². The topological polar surface area (TPSA) is 192 Å². The van der Waals surface area contributed by atoms with Gasteiger partial charge in [-0.2, -0.15) is 8.42 Å². The second-order valence-corrected chi connectivity index (χ2v) is 12.7. The molecule has 0 spiro atoms. The lowest BCUT2D eigenvalue weighted by Gasteiger charge is -2.25. The molecule has 0 bridgehead atoms. The zero-order valence-corrected chi connectivity index (χ0v) is 24.6. The molecule has 5 aromatic carbocycles. The SMILES string of the molecule is CC(=O)Nc1ccc(N(c2ccccc2)S(=O)(=O)c2ccccc2N=Nc2c(N)ccc3cc(S(=O)(=O)O)cc(O)c23)cc1. The Morgan fingerprint density at radius 1 is 0.818 bits per heavy atom. The van der Waals surface area contributed by atoms with E-state index in [1.165, 1.54) is 37.3 Å². The molecular formula is C30H25N5O7S2. The van der Waals surface area contributed by atoms with Gasteiger partial charge in [0.25, 0.3) is 20.1 Å². The zero-order chi connectivity index (χ0) is 31.6. The highest BCUT2D eigenvalue weighted by Gasteiger charge is 2.29. The van der Waals surface area contributed by atoms with Gasteiger partial charge in [0.1, 0.15) is 22.0 Å². The molecule has 0 unspecified atom stereocenters. The number of hydrogen-bond acceptors (Lipinski definition) is 9. The van der Waals surface area contributed by atoms with Gasteiger partial charge < -0.3 is 16.2 Å². The minimum absolute atomic E-state index is 0.0393. The molecule has 1 amide bonds. The molecular weight excluding hydrogens is 606 g/mol. The maximum Gasteiger partial charge on any atom is 0.294 e. The number of carbonyl (C=O) groups excluding carboxylic acids is 1. The van der Waals surface area contributed by atoms with E-state index in [2.05, 4.69) is 15.5 Å². The first-order valence-electron chi connectivity index (χ1n) is 12.9. The first kappa shape index (κ1) is 30.2. The summed E-state index contributed by atoms with van der Waals surface area (Å²) in [5.41, 5.74) is 7.22. The summed E-state index contributed by atoms with van der Waals surface area (Å²) < 4.78 is 62.5. The third-order valence-electron chi connectivity index (χ3n) is 6.43. The van der Waals surface area contributed by atoms with Gasteiger partial charge in [0, 0.05) is 18.7 Å². The molecule has 0 radical (unpaired) electrons. The number of phenols is 1. The van der Waals surface area contributed by atoms with Crippen LogP contribution in [-0.2, 0) is 24.9 Å². The predicted molar refractivity (Wildman–Crippen MR) is 167 cm³/mol. The Morgan fingerprint density at radius 2 is 1.45 bits per heavy atom. The van der Waals surface area contributed by atoms with Gasteiger partial charge in [-0.3, -0.25) is 9.35 Å². The predicted octanol–water partition coefficient (Wildman–Crippen LogP) is 6.28. The summed E-state index contributed by atoms with van der Waals surface area (Å²) in [7, 11) is -8.96. The van der Waals surface area contributed by atoms with Gasteiger partial charge in [-0.15, -0.1) is 10.2 Å². The number of benzene rings is 5. The fourth-order valence-electron chi connectivity index (χ4n) is 4.50. The Hall–Kier alpha value is -5.31. The fraction of sp³-hybridized carbons (Fsp3) is 0.0333. The second-order valence-electron chi connectivity index (χ2n) is 9.52. The van der Waals surface area contributed by atoms with Gasteiger partial charge in [-0.25, -0.2) is 12.7 Å². The van der Waals surface area contributed by atoms with E-state index in [1.807, 2.05) is 0 Å². The van der Waals surface area contributed by atoms with Crippen LogP contribution in [0.4, 0.5) is 34.1 Å². The second kappa shape index (κ2) is 11.8. The number of anilines is 4. The number of carbonyl (C=O) groups is 1. The molecule has 0 heterocycles. The van der Waals surface area contributed by atoms with Crippen LogP contribution in [0.5, 0.6) is 5.75 Å². The number of sulfonamides is 1. The molecule has 0 aromatic heterocycles. The average molecular weight is 632 g/mol. The highest BCUT2D eigenvalue weighted by molar-refractivity contribution is 7.93. The monoisotopic (exact) mass is 631 g/mol. The number of fused-ring (bicyclic) bond motifs is 1. The summed E-state index contributed by atoms with van der Waals surface area (Å²) in [5.74, 6) is -0.807. The van der Waals surface area contributed by atoms with Crippen LogP contribution in [0.3, 0.4) is 0 Å². The molecule has 0 aliphatic rings. The van der Waals surface area contributed by atoms with Gasteiger partial charge >= 0.3 is 0 Å². The van der Waals surface area contributed by atoms with Crippen LogP contribution in [0.25, 0.3) is 10.8 Å². The average Bonchev–Trinajstić information content (AvgIpc) is 2.97. The number of phenolic OH excluding ortho intramolecular Hbond substituents is 1. The summed E-state index contributed by atoms with van der Waals surface area (Å²) in [6.45, 7) is 1.37. The number of hydrogen-bond donors (Lipinski definition) is 4. The number of nitrogens with two attached hydrogens (primary N) is 1. The van der Waals surface area contributed by atoms with Crippen LogP contribution in [-0.4, -0.2) is 32.4 Å². The molecule has 5 aromatic rings. The molecule has 224 valence electrons. The Kier molecular flexibility index (Phi) is 8.06. The molecule has 0 saturated carbocycles. The van der Waals surface area contributed by atoms with Crippen molar-refractivity contribution in [3.8, 4) is 5.75 Å². The number of rotatable bonds is 8. The number of azo groups is 1. The van der Waals surface area contributed by atoms with Crippen molar-refractivity contribution < 1.29 is 31.3 Å². The van der Waals surface area contributed by atoms with Gasteiger partial charge in [0.15, 0.2) is 0 Å². The summed E-state index contributed by atoms with van der Waals surface area (Å²) in [4.78, 5) is 10.7. The smallest absolute Gasteiger partial charge is 0.294 e. The van der Waals surface area contributed by atoms with Crippen molar-refractivity contribution in [3.05, 3.63) is 103 Å². The molecule has 0 aliphatic heterocycles. The quantitative estimate of drug-likeness (QED) is 0.0873. The third-order valence-corrected chi connectivity index (χ3v) is 9.06. The number of nitrogens with zero attached hydrogens (tertiary/aromatic N) is 3. The lowest BCUT2D eigenvalue weighted by molar-refractivity contribution is -0.114. The Morgan fingerprint density at radius 3 is 2.11 bits per heavy atom. The lowest BCUT2D eigenvalue weighted by atomic mass is 10.1. The van der Waals surface area contributed by atoms with E-state index < -0.39 is 30.8 Å². The number of aromatic hydroxyl groups is 1. The first-order chi connectivity index (χ1) is 20.9. The highest BCUT2D eigenvalue weighted by atomic mass is 32.2. The molecule has 5 rings (SSSR count). The third kappa shape index (κ3) is 6.08. The fourth-order valence-corrected chi connectivity index (χ4v) is 6.66. The van der Waals surface area contributed by atoms with Crippen LogP contribution in [0.15, 0.2) is 123 Å². The van der Waals surface area contributed by atoms with E-state index in [1.54, 1.807) is 60.7 Å². The van der Waals surface area contributed by atoms with Crippen molar-refractivity contribution >= 4 is 70.9 Å². The molecule has 5 N–H and O–H groups in total. The number of amides is 1. The minimum atomic E-state index is -4.61. The van der Waals surface area contributed by atoms with Crippen molar-refractivity contribution in [1.82, 2.24) is 0 Å². The Balaban J connectivity index is 1.62. The first-order valence-corrected chi connectivity index (χ1v) is 15.8. The molecule has 0 fully saturated rings. The van der Waals surface area contributed by atoms with E-state index in [0.717, 1.165) is 16.4 Å². The van der Waals surface area contributed by atoms with Crippen molar-refractivity contribution in [2.24, 2.45) is 10.2 Å². The summed E-state index contributed by atoms with van der Waals surface area (Å²) in [6, 6.07) is 25.4. The Labute approximate surface area is 252 Å². The van der Waals surface area contributed by atoms with Crippen molar-refractivity contribution in [2.45, 2.75) is 16.7 Å². The van der Waals surface area contributed by atoms with Crippen LogP contribution in [0, 0.1) is 0 Å². The molecule has 0 atom stereocenters. The molecule has 14 heteroatoms. The van der Waals surface area contributed by atoms with Crippen LogP contribution >= 0.6 is 0 Å². The molecule has 0 aliphatic carbocycles. The van der Waals surface area contributed by atoms with Gasteiger partial charge in [0.05, 0.1) is 27.3 Å². The van der Waals surface area contributed by atoms with Crippen LogP contribution in [0.1, 0.15) is 6.92 Å². The lowest BCUT2D eigenvalue weighted by Crippen LogP contribution is -2.26. The largest absolute Gasteiger partial charge is 0.507 e. The van der Waals surface area contributed by atoms with E-state index in [9.17, 15) is 31.3 Å². The minimum Gasteiger partial charge on any atom is -0.507 e. The van der Waals surface area contributed by atoms with Crippen molar-refractivity contribution in [2.75, 3.05) is 15.4 Å². The summed E-state index contributed by atoms with van der Waals surface area (Å²) in [6.07, 6.45) is 0. The maximum absolute atomic E-state index is 14.3. The molecule has 12 nitrogen and oxygen atoms in total. The van der Waals surface area contributed by atoms with Gasteiger partial charge in [0.2, 0.25) is 5.91 Å². The summed E-state index contributed by atoms with van der Waals surface area (Å²) in [5, 5.41) is 21.9. The van der Waals surface area contributed by atoms with Crippen LogP contribution in [0.2, 0.25) is 0 Å².